The van der Waals surface area contributed by atoms with E-state index in [9.17, 15) is 0 Å². The van der Waals surface area contributed by atoms with E-state index in [4.69, 9.17) is 4.74 Å². The van der Waals surface area contributed by atoms with Crippen LogP contribution < -0.4 is 4.74 Å². The third-order valence-corrected chi connectivity index (χ3v) is 2.65. The lowest BCUT2D eigenvalue weighted by molar-refractivity contribution is 0.357. The van der Waals surface area contributed by atoms with Gasteiger partial charge in [0.05, 0.1) is 6.61 Å². The monoisotopic (exact) mass is 194 g/mol. The van der Waals surface area contributed by atoms with E-state index in [0.29, 0.717) is 0 Å². The first kappa shape index (κ1) is 8.95. The van der Waals surface area contributed by atoms with Crippen molar-refractivity contribution in [2.45, 2.75) is 25.0 Å². The molecular formula is C11H14OS. The maximum absolute atomic E-state index is 5.44. The summed E-state index contributed by atoms with van der Waals surface area (Å²) >= 11 is 4.54. The van der Waals surface area contributed by atoms with Gasteiger partial charge in [-0.2, -0.15) is 12.6 Å². The first-order valence-electron chi connectivity index (χ1n) is 4.56. The average molecular weight is 194 g/mol. The van der Waals surface area contributed by atoms with Crippen LogP contribution in [0.25, 0.3) is 0 Å². The van der Waals surface area contributed by atoms with Gasteiger partial charge in [0.25, 0.3) is 0 Å². The van der Waals surface area contributed by atoms with Crippen LogP contribution in [0.2, 0.25) is 0 Å². The van der Waals surface area contributed by atoms with Gasteiger partial charge in [-0.05, 0) is 31.0 Å². The van der Waals surface area contributed by atoms with Crippen molar-refractivity contribution in [1.82, 2.24) is 0 Å². The van der Waals surface area contributed by atoms with Crippen LogP contribution in [0, 0.1) is 0 Å². The largest absolute Gasteiger partial charge is 0.493 e. The molecule has 1 nitrogen and oxygen atoms in total. The van der Waals surface area contributed by atoms with E-state index in [2.05, 4.69) is 44.7 Å². The minimum Gasteiger partial charge on any atom is -0.493 e. The second-order valence-corrected chi connectivity index (χ2v) is 5.10. The Kier molecular flexibility index (Phi) is 2.03. The number of fused-ring (bicyclic) bond motifs is 1. The molecule has 0 fully saturated rings. The van der Waals surface area contributed by atoms with Gasteiger partial charge in [0.15, 0.2) is 0 Å². The van der Waals surface area contributed by atoms with Crippen LogP contribution in [0.1, 0.15) is 25.0 Å². The molecular weight excluding hydrogens is 180 g/mol. The summed E-state index contributed by atoms with van der Waals surface area (Å²) in [5.41, 5.74) is 2.58. The Morgan fingerprint density at radius 2 is 2.15 bits per heavy atom. The predicted octanol–water partition coefficient (Wildman–Crippen LogP) is 2.79. The quantitative estimate of drug-likeness (QED) is 0.676. The van der Waals surface area contributed by atoms with E-state index in [-0.39, 0.29) is 4.75 Å². The van der Waals surface area contributed by atoms with Crippen molar-refractivity contribution in [3.8, 4) is 5.75 Å². The van der Waals surface area contributed by atoms with Gasteiger partial charge in [-0.15, -0.1) is 0 Å². The van der Waals surface area contributed by atoms with Crippen LogP contribution in [-0.2, 0) is 11.2 Å². The Labute approximate surface area is 84.5 Å². The van der Waals surface area contributed by atoms with Crippen LogP contribution >= 0.6 is 12.6 Å². The van der Waals surface area contributed by atoms with Crippen molar-refractivity contribution >= 4 is 12.6 Å². The number of ether oxygens (including phenoxy) is 1. The number of rotatable bonds is 1. The normalized spacial score (nSPS) is 15.3. The second-order valence-electron chi connectivity index (χ2n) is 3.98. The van der Waals surface area contributed by atoms with E-state index < -0.39 is 0 Å². The maximum Gasteiger partial charge on any atom is 0.122 e. The summed E-state index contributed by atoms with van der Waals surface area (Å²) in [5.74, 6) is 1.04. The smallest absolute Gasteiger partial charge is 0.122 e. The molecule has 0 spiro atoms. The van der Waals surface area contributed by atoms with Gasteiger partial charge in [-0.1, -0.05) is 12.1 Å². The molecule has 0 aromatic heterocycles. The van der Waals surface area contributed by atoms with Gasteiger partial charge in [-0.25, -0.2) is 0 Å². The van der Waals surface area contributed by atoms with Crippen molar-refractivity contribution < 1.29 is 4.74 Å². The molecule has 0 atom stereocenters. The number of hydrogen-bond donors (Lipinski definition) is 1. The molecule has 0 amide bonds. The zero-order chi connectivity index (χ0) is 9.47. The van der Waals surface area contributed by atoms with E-state index >= 15 is 0 Å². The Balaban J connectivity index is 2.42. The molecule has 0 unspecified atom stereocenters. The molecule has 0 radical (unpaired) electrons. The highest BCUT2D eigenvalue weighted by atomic mass is 32.1. The fourth-order valence-electron chi connectivity index (χ4n) is 1.57. The van der Waals surface area contributed by atoms with E-state index in [1.807, 2.05) is 0 Å². The Bertz CT molecular complexity index is 325. The second kappa shape index (κ2) is 2.95. The van der Waals surface area contributed by atoms with Crippen LogP contribution in [0.3, 0.4) is 0 Å². The topological polar surface area (TPSA) is 9.23 Å². The fraction of sp³-hybridized carbons (Fsp3) is 0.455. The van der Waals surface area contributed by atoms with Gasteiger partial charge in [0.1, 0.15) is 5.75 Å². The van der Waals surface area contributed by atoms with Crippen molar-refractivity contribution in [2.75, 3.05) is 6.61 Å². The maximum atomic E-state index is 5.44. The Morgan fingerprint density at radius 3 is 2.85 bits per heavy atom. The first-order valence-corrected chi connectivity index (χ1v) is 5.01. The summed E-state index contributed by atoms with van der Waals surface area (Å²) in [5, 5.41) is 0. The minimum absolute atomic E-state index is 0.0579. The molecule has 0 bridgehead atoms. The molecule has 13 heavy (non-hydrogen) atoms. The average Bonchev–Trinajstić information content (AvgIpc) is 2.47. The number of benzene rings is 1. The molecule has 2 rings (SSSR count). The van der Waals surface area contributed by atoms with Crippen molar-refractivity contribution in [1.29, 1.82) is 0 Å². The fourth-order valence-corrected chi connectivity index (χ4v) is 1.71. The summed E-state index contributed by atoms with van der Waals surface area (Å²) in [7, 11) is 0. The Morgan fingerprint density at radius 1 is 1.38 bits per heavy atom. The van der Waals surface area contributed by atoms with Gasteiger partial charge in [0, 0.05) is 11.2 Å². The molecule has 1 aliphatic heterocycles. The van der Waals surface area contributed by atoms with Gasteiger partial charge >= 0.3 is 0 Å². The highest BCUT2D eigenvalue weighted by Gasteiger charge is 2.18. The van der Waals surface area contributed by atoms with Crippen LogP contribution in [0.4, 0.5) is 0 Å². The lowest BCUT2D eigenvalue weighted by Crippen LogP contribution is -2.07. The summed E-state index contributed by atoms with van der Waals surface area (Å²) in [6, 6.07) is 6.35. The molecule has 1 aliphatic rings. The molecule has 0 saturated carbocycles. The highest BCUT2D eigenvalue weighted by molar-refractivity contribution is 7.81. The minimum atomic E-state index is -0.0579. The Hall–Kier alpha value is -0.630. The molecule has 1 heterocycles. The van der Waals surface area contributed by atoms with Crippen LogP contribution in [-0.4, -0.2) is 6.61 Å². The van der Waals surface area contributed by atoms with Gasteiger partial charge in [0.2, 0.25) is 0 Å². The lowest BCUT2D eigenvalue weighted by Gasteiger charge is -2.18. The zero-order valence-corrected chi connectivity index (χ0v) is 8.90. The standard InChI is InChI=1S/C11H14OS/c1-11(2,13)9-3-4-10-8(7-9)5-6-12-10/h3-4,7,13H,5-6H2,1-2H3. The predicted molar refractivity (Wildman–Crippen MR) is 57.7 cm³/mol. The summed E-state index contributed by atoms with van der Waals surface area (Å²) < 4.78 is 5.38. The van der Waals surface area contributed by atoms with Gasteiger partial charge in [-0.3, -0.25) is 0 Å². The van der Waals surface area contributed by atoms with E-state index in [1.54, 1.807) is 0 Å². The highest BCUT2D eigenvalue weighted by Crippen LogP contribution is 2.33. The molecule has 2 heteroatoms. The molecule has 0 N–H and O–H groups in total. The van der Waals surface area contributed by atoms with E-state index in [1.165, 1.54) is 11.1 Å². The SMILES string of the molecule is CC(C)(S)c1ccc2c(c1)CCO2. The van der Waals surface area contributed by atoms with Crippen molar-refractivity contribution in [3.05, 3.63) is 29.3 Å². The molecule has 0 aliphatic carbocycles. The summed E-state index contributed by atoms with van der Waals surface area (Å²) in [6.07, 6.45) is 1.03. The first-order chi connectivity index (χ1) is 6.07. The summed E-state index contributed by atoms with van der Waals surface area (Å²) in [6.45, 7) is 5.03. The molecule has 1 aromatic carbocycles. The zero-order valence-electron chi connectivity index (χ0n) is 8.00. The van der Waals surface area contributed by atoms with Crippen molar-refractivity contribution in [3.63, 3.8) is 0 Å². The molecule has 0 saturated heterocycles. The van der Waals surface area contributed by atoms with Crippen LogP contribution in [0.5, 0.6) is 5.75 Å². The number of hydrogen-bond acceptors (Lipinski definition) is 2. The third-order valence-electron chi connectivity index (χ3n) is 2.40. The van der Waals surface area contributed by atoms with Crippen LogP contribution in [0.15, 0.2) is 18.2 Å². The third kappa shape index (κ3) is 1.68. The van der Waals surface area contributed by atoms with Gasteiger partial charge < -0.3 is 4.74 Å². The molecule has 1 aromatic rings. The summed E-state index contributed by atoms with van der Waals surface area (Å²) in [4.78, 5) is 0. The van der Waals surface area contributed by atoms with E-state index in [0.717, 1.165) is 18.8 Å². The van der Waals surface area contributed by atoms with Crippen molar-refractivity contribution in [2.24, 2.45) is 0 Å². The molecule has 70 valence electrons. The lowest BCUT2D eigenvalue weighted by atomic mass is 9.99. The number of thiol groups is 1.